The highest BCUT2D eigenvalue weighted by atomic mass is 79.9. The summed E-state index contributed by atoms with van der Waals surface area (Å²) in [6.45, 7) is 0.767. The maximum Gasteiger partial charge on any atom is 0.0502 e. The van der Waals surface area contributed by atoms with E-state index in [1.54, 1.807) is 7.11 Å². The summed E-state index contributed by atoms with van der Waals surface area (Å²) in [5.74, 6) is 0. The predicted octanol–water partition coefficient (Wildman–Crippen LogP) is 3.40. The highest BCUT2D eigenvalue weighted by molar-refractivity contribution is 9.11. The number of benzene rings is 1. The fourth-order valence-electron chi connectivity index (χ4n) is 0.975. The lowest BCUT2D eigenvalue weighted by Gasteiger charge is -2.01. The van der Waals surface area contributed by atoms with E-state index in [1.807, 2.05) is 6.07 Å². The van der Waals surface area contributed by atoms with Crippen molar-refractivity contribution in [3.05, 3.63) is 32.7 Å². The minimum absolute atomic E-state index is 0.767. The van der Waals surface area contributed by atoms with Crippen molar-refractivity contribution in [2.24, 2.45) is 0 Å². The van der Waals surface area contributed by atoms with E-state index in [4.69, 9.17) is 4.74 Å². The van der Waals surface area contributed by atoms with Crippen LogP contribution >= 0.6 is 31.9 Å². The quantitative estimate of drug-likeness (QED) is 0.830. The van der Waals surface area contributed by atoms with E-state index >= 15 is 0 Å². The summed E-state index contributed by atoms with van der Waals surface area (Å²) in [6.07, 6.45) is 0.953. The van der Waals surface area contributed by atoms with E-state index < -0.39 is 0 Å². The Morgan fingerprint density at radius 1 is 1.17 bits per heavy atom. The van der Waals surface area contributed by atoms with Crippen LogP contribution in [0.5, 0.6) is 0 Å². The lowest BCUT2D eigenvalue weighted by atomic mass is 10.2. The number of rotatable bonds is 3. The van der Waals surface area contributed by atoms with Crippen LogP contribution < -0.4 is 0 Å². The van der Waals surface area contributed by atoms with E-state index in [9.17, 15) is 0 Å². The molecule has 0 atom stereocenters. The van der Waals surface area contributed by atoms with Crippen molar-refractivity contribution in [1.82, 2.24) is 0 Å². The molecule has 0 N–H and O–H groups in total. The van der Waals surface area contributed by atoms with Crippen LogP contribution in [0.15, 0.2) is 27.1 Å². The van der Waals surface area contributed by atoms with Crippen LogP contribution in [0.4, 0.5) is 0 Å². The summed E-state index contributed by atoms with van der Waals surface area (Å²) in [5.41, 5.74) is 1.28. The van der Waals surface area contributed by atoms with Crippen molar-refractivity contribution < 1.29 is 4.74 Å². The third-order valence-corrected chi connectivity index (χ3v) is 2.43. The summed E-state index contributed by atoms with van der Waals surface area (Å²) in [4.78, 5) is 0. The molecule has 0 heterocycles. The molecule has 1 aromatic carbocycles. The summed E-state index contributed by atoms with van der Waals surface area (Å²) in [5, 5.41) is 0. The molecule has 0 saturated carbocycles. The number of hydrogen-bond donors (Lipinski definition) is 0. The molecule has 0 aromatic heterocycles. The van der Waals surface area contributed by atoms with Gasteiger partial charge in [-0.3, -0.25) is 0 Å². The minimum atomic E-state index is 0.767. The van der Waals surface area contributed by atoms with Crippen LogP contribution in [0.2, 0.25) is 0 Å². The Morgan fingerprint density at radius 2 is 1.75 bits per heavy atom. The van der Waals surface area contributed by atoms with Gasteiger partial charge >= 0.3 is 0 Å². The Balaban J connectivity index is 2.72. The van der Waals surface area contributed by atoms with Crippen LogP contribution in [0, 0.1) is 0 Å². The number of methoxy groups -OCH3 is 1. The van der Waals surface area contributed by atoms with Crippen molar-refractivity contribution in [1.29, 1.82) is 0 Å². The molecule has 12 heavy (non-hydrogen) atoms. The van der Waals surface area contributed by atoms with Crippen molar-refractivity contribution >= 4 is 31.9 Å². The number of halogens is 2. The largest absolute Gasteiger partial charge is 0.384 e. The lowest BCUT2D eigenvalue weighted by molar-refractivity contribution is 0.202. The Bertz CT molecular complexity index is 240. The van der Waals surface area contributed by atoms with Gasteiger partial charge in [-0.15, -0.1) is 0 Å². The predicted molar refractivity (Wildman–Crippen MR) is 57.4 cm³/mol. The monoisotopic (exact) mass is 292 g/mol. The third-order valence-electron chi connectivity index (χ3n) is 1.52. The third kappa shape index (κ3) is 3.25. The van der Waals surface area contributed by atoms with Gasteiger partial charge in [-0.05, 0) is 30.2 Å². The fourth-order valence-corrected chi connectivity index (χ4v) is 2.36. The Labute approximate surface area is 89.4 Å². The Hall–Kier alpha value is 0.140. The summed E-state index contributed by atoms with van der Waals surface area (Å²) >= 11 is 6.87. The second-order valence-corrected chi connectivity index (χ2v) is 4.35. The van der Waals surface area contributed by atoms with Gasteiger partial charge in [0.05, 0.1) is 6.61 Å². The van der Waals surface area contributed by atoms with Crippen LogP contribution in [0.3, 0.4) is 0 Å². The first-order valence-corrected chi connectivity index (χ1v) is 5.25. The molecule has 0 unspecified atom stereocenters. The molecule has 1 nitrogen and oxygen atoms in total. The standard InChI is InChI=1S/C9H10Br2O/c1-12-3-2-7-4-8(10)6-9(11)5-7/h4-6H,2-3H2,1H3. The molecule has 0 aliphatic carbocycles. The normalized spacial score (nSPS) is 10.2. The number of ether oxygens (including phenoxy) is 1. The summed E-state index contributed by atoms with van der Waals surface area (Å²) in [6, 6.07) is 6.23. The fraction of sp³-hybridized carbons (Fsp3) is 0.333. The lowest BCUT2D eigenvalue weighted by Crippen LogP contribution is -1.94. The van der Waals surface area contributed by atoms with Gasteiger partial charge in [-0.2, -0.15) is 0 Å². The number of hydrogen-bond acceptors (Lipinski definition) is 1. The molecule has 0 spiro atoms. The first-order chi connectivity index (χ1) is 5.72. The van der Waals surface area contributed by atoms with Crippen LogP contribution in [-0.4, -0.2) is 13.7 Å². The SMILES string of the molecule is COCCc1cc(Br)cc(Br)c1. The van der Waals surface area contributed by atoms with Gasteiger partial charge in [0.1, 0.15) is 0 Å². The van der Waals surface area contributed by atoms with E-state index in [2.05, 4.69) is 44.0 Å². The van der Waals surface area contributed by atoms with Gasteiger partial charge in [0, 0.05) is 16.1 Å². The zero-order valence-corrected chi connectivity index (χ0v) is 9.98. The molecule has 1 aromatic rings. The molecular formula is C9H10Br2O. The van der Waals surface area contributed by atoms with Crippen molar-refractivity contribution in [2.45, 2.75) is 6.42 Å². The average molecular weight is 294 g/mol. The van der Waals surface area contributed by atoms with Crippen LogP contribution in [0.25, 0.3) is 0 Å². The smallest absolute Gasteiger partial charge is 0.0502 e. The van der Waals surface area contributed by atoms with Crippen LogP contribution in [-0.2, 0) is 11.2 Å². The molecular weight excluding hydrogens is 284 g/mol. The second-order valence-electron chi connectivity index (χ2n) is 2.52. The maximum atomic E-state index is 4.99. The van der Waals surface area contributed by atoms with Gasteiger partial charge in [0.15, 0.2) is 0 Å². The first kappa shape index (κ1) is 10.2. The van der Waals surface area contributed by atoms with Gasteiger partial charge < -0.3 is 4.74 Å². The minimum Gasteiger partial charge on any atom is -0.384 e. The molecule has 0 radical (unpaired) electrons. The zero-order chi connectivity index (χ0) is 8.97. The van der Waals surface area contributed by atoms with E-state index in [1.165, 1.54) is 5.56 Å². The van der Waals surface area contributed by atoms with Crippen LogP contribution in [0.1, 0.15) is 5.56 Å². The molecule has 0 saturated heterocycles. The molecule has 0 aliphatic heterocycles. The first-order valence-electron chi connectivity index (χ1n) is 3.66. The van der Waals surface area contributed by atoms with E-state index in [0.717, 1.165) is 22.0 Å². The van der Waals surface area contributed by atoms with Crippen molar-refractivity contribution in [2.75, 3.05) is 13.7 Å². The molecule has 0 amide bonds. The van der Waals surface area contributed by atoms with Crippen molar-refractivity contribution in [3.63, 3.8) is 0 Å². The topological polar surface area (TPSA) is 9.23 Å². The molecule has 66 valence electrons. The van der Waals surface area contributed by atoms with Crippen molar-refractivity contribution in [3.8, 4) is 0 Å². The summed E-state index contributed by atoms with van der Waals surface area (Å²) in [7, 11) is 1.72. The molecule has 0 aliphatic rings. The van der Waals surface area contributed by atoms with Gasteiger partial charge in [-0.25, -0.2) is 0 Å². The van der Waals surface area contributed by atoms with Gasteiger partial charge in [-0.1, -0.05) is 31.9 Å². The molecule has 1 rings (SSSR count). The Morgan fingerprint density at radius 3 is 2.25 bits per heavy atom. The zero-order valence-electron chi connectivity index (χ0n) is 6.81. The second kappa shape index (κ2) is 5.00. The van der Waals surface area contributed by atoms with E-state index in [0.29, 0.717) is 0 Å². The molecule has 0 fully saturated rings. The average Bonchev–Trinajstić information content (AvgIpc) is 1.99. The van der Waals surface area contributed by atoms with E-state index in [-0.39, 0.29) is 0 Å². The highest BCUT2D eigenvalue weighted by Gasteiger charge is 1.96. The van der Waals surface area contributed by atoms with Gasteiger partial charge in [0.25, 0.3) is 0 Å². The Kier molecular flexibility index (Phi) is 4.26. The van der Waals surface area contributed by atoms with Gasteiger partial charge in [0.2, 0.25) is 0 Å². The molecule has 0 bridgehead atoms. The summed E-state index contributed by atoms with van der Waals surface area (Å²) < 4.78 is 7.19. The maximum absolute atomic E-state index is 4.99. The highest BCUT2D eigenvalue weighted by Crippen LogP contribution is 2.20. The molecule has 3 heteroatoms.